The van der Waals surface area contributed by atoms with Gasteiger partial charge in [0.1, 0.15) is 0 Å². The summed E-state index contributed by atoms with van der Waals surface area (Å²) in [6.45, 7) is 0. The molecule has 0 aliphatic heterocycles. The van der Waals surface area contributed by atoms with Crippen LogP contribution in [0.1, 0.15) is 0 Å². The molecule has 0 unspecified atom stereocenters. The smallest absolute Gasteiger partial charge is 0.0620 e. The summed E-state index contributed by atoms with van der Waals surface area (Å²) in [6.07, 6.45) is 2.21. The lowest BCUT2D eigenvalue weighted by molar-refractivity contribution is 1.26. The highest BCUT2D eigenvalue weighted by atomic mass is 15.1. The van der Waals surface area contributed by atoms with Gasteiger partial charge in [0.05, 0.1) is 11.0 Å². The molecule has 11 aromatic rings. The van der Waals surface area contributed by atoms with Crippen LogP contribution in [0.4, 0.5) is 17.1 Å². The van der Waals surface area contributed by atoms with Crippen molar-refractivity contribution in [1.29, 1.82) is 0 Å². The second-order valence-corrected chi connectivity index (χ2v) is 14.9. The Bertz CT molecular complexity index is 3150. The minimum atomic E-state index is 1.10. The number of hydrogen-bond acceptors (Lipinski definition) is 1. The third-order valence-electron chi connectivity index (χ3n) is 11.6. The molecule has 2 heterocycles. The third-order valence-corrected chi connectivity index (χ3v) is 11.6. The molecule has 272 valence electrons. The van der Waals surface area contributed by atoms with Gasteiger partial charge in [-0.25, -0.2) is 0 Å². The van der Waals surface area contributed by atoms with Gasteiger partial charge in [-0.05, 0) is 110 Å². The number of hydrogen-bond donors (Lipinski definition) is 0. The van der Waals surface area contributed by atoms with Gasteiger partial charge >= 0.3 is 0 Å². The molecule has 9 aromatic carbocycles. The summed E-state index contributed by atoms with van der Waals surface area (Å²) in [5.41, 5.74) is 15.4. The predicted octanol–water partition coefficient (Wildman–Crippen LogP) is 15.5. The van der Waals surface area contributed by atoms with Crippen molar-refractivity contribution in [1.82, 2.24) is 4.40 Å². The molecule has 0 bridgehead atoms. The number of aromatic nitrogens is 1. The lowest BCUT2D eigenvalue weighted by atomic mass is 9.91. The van der Waals surface area contributed by atoms with E-state index in [4.69, 9.17) is 0 Å². The molecule has 2 aromatic heterocycles. The predicted molar refractivity (Wildman–Crippen MR) is 246 cm³/mol. The Morgan fingerprint density at radius 2 is 0.793 bits per heavy atom. The average molecular weight is 739 g/mol. The van der Waals surface area contributed by atoms with Crippen molar-refractivity contribution in [3.63, 3.8) is 0 Å². The Hall–Kier alpha value is -7.68. The van der Waals surface area contributed by atoms with Gasteiger partial charge in [-0.1, -0.05) is 170 Å². The summed E-state index contributed by atoms with van der Waals surface area (Å²) >= 11 is 0. The Kier molecular flexibility index (Phi) is 8.19. The van der Waals surface area contributed by atoms with Crippen molar-refractivity contribution in [3.05, 3.63) is 231 Å². The van der Waals surface area contributed by atoms with E-state index in [0.29, 0.717) is 0 Å². The van der Waals surface area contributed by atoms with Crippen molar-refractivity contribution >= 4 is 55.0 Å². The molecule has 0 amide bonds. The van der Waals surface area contributed by atoms with E-state index >= 15 is 0 Å². The Morgan fingerprint density at radius 3 is 1.43 bits per heavy atom. The molecular weight excluding hydrogens is 701 g/mol. The van der Waals surface area contributed by atoms with Crippen LogP contribution in [-0.4, -0.2) is 4.40 Å². The summed E-state index contributed by atoms with van der Waals surface area (Å²) in [7, 11) is 0. The van der Waals surface area contributed by atoms with E-state index in [1.165, 1.54) is 82.5 Å². The number of benzene rings is 9. The second kappa shape index (κ2) is 14.1. The van der Waals surface area contributed by atoms with Crippen LogP contribution in [0, 0.1) is 0 Å². The maximum absolute atomic E-state index is 2.40. The van der Waals surface area contributed by atoms with Crippen molar-refractivity contribution < 1.29 is 0 Å². The first-order valence-corrected chi connectivity index (χ1v) is 19.9. The fourth-order valence-corrected chi connectivity index (χ4v) is 8.86. The maximum atomic E-state index is 2.40. The van der Waals surface area contributed by atoms with Crippen LogP contribution in [0.5, 0.6) is 0 Å². The molecular formula is C56H38N2. The van der Waals surface area contributed by atoms with Gasteiger partial charge in [-0.2, -0.15) is 0 Å². The standard InChI is InChI=1S/C56H38N2/c1-4-15-39(16-5-1)41-26-31-46(32-27-41)58(47-33-28-42(29-34-47)40-17-6-2-7-18-40)48-22-14-21-44(37-48)45-30-35-50-52(38-45)49-23-10-11-24-51(49)56-55(50)54(43-19-8-3-9-20-43)53-25-12-13-36-57(53)56/h1-38H. The molecule has 2 heteroatoms. The fraction of sp³-hybridized carbons (Fsp3) is 0. The van der Waals surface area contributed by atoms with Gasteiger partial charge in [-0.3, -0.25) is 0 Å². The molecule has 0 aliphatic carbocycles. The van der Waals surface area contributed by atoms with Gasteiger partial charge in [-0.15, -0.1) is 0 Å². The summed E-state index contributed by atoms with van der Waals surface area (Å²) in [6, 6.07) is 81.3. The Balaban J connectivity index is 1.08. The SMILES string of the molecule is c1ccc(-c2ccc(N(c3ccc(-c4ccccc4)cc3)c3cccc(-c4ccc5c(c4)c4ccccc4c4c5c(-c5ccccc5)c5ccccn54)c3)cc2)cc1. The van der Waals surface area contributed by atoms with E-state index in [2.05, 4.69) is 240 Å². The van der Waals surface area contributed by atoms with Gasteiger partial charge in [0.25, 0.3) is 0 Å². The average Bonchev–Trinajstić information content (AvgIpc) is 3.66. The summed E-state index contributed by atoms with van der Waals surface area (Å²) < 4.78 is 2.38. The van der Waals surface area contributed by atoms with Gasteiger partial charge in [0, 0.05) is 39.6 Å². The highest BCUT2D eigenvalue weighted by Gasteiger charge is 2.20. The van der Waals surface area contributed by atoms with Crippen molar-refractivity contribution in [2.24, 2.45) is 0 Å². The van der Waals surface area contributed by atoms with Crippen LogP contribution >= 0.6 is 0 Å². The number of fused-ring (bicyclic) bond motifs is 8. The number of nitrogens with zero attached hydrogens (tertiary/aromatic N) is 2. The molecule has 0 radical (unpaired) electrons. The molecule has 2 nitrogen and oxygen atoms in total. The molecule has 0 saturated heterocycles. The van der Waals surface area contributed by atoms with Crippen LogP contribution in [0.2, 0.25) is 0 Å². The first-order chi connectivity index (χ1) is 28.8. The molecule has 0 atom stereocenters. The molecule has 0 spiro atoms. The van der Waals surface area contributed by atoms with Crippen molar-refractivity contribution in [3.8, 4) is 44.5 Å². The monoisotopic (exact) mass is 738 g/mol. The van der Waals surface area contributed by atoms with E-state index in [0.717, 1.165) is 17.1 Å². The highest BCUT2D eigenvalue weighted by molar-refractivity contribution is 6.30. The van der Waals surface area contributed by atoms with Gasteiger partial charge in [0.15, 0.2) is 0 Å². The van der Waals surface area contributed by atoms with E-state index in [1.807, 2.05) is 0 Å². The van der Waals surface area contributed by atoms with Gasteiger partial charge in [0.2, 0.25) is 0 Å². The second-order valence-electron chi connectivity index (χ2n) is 14.9. The Morgan fingerprint density at radius 1 is 0.293 bits per heavy atom. The third kappa shape index (κ3) is 5.74. The van der Waals surface area contributed by atoms with E-state index in [9.17, 15) is 0 Å². The zero-order valence-corrected chi connectivity index (χ0v) is 31.8. The number of pyridine rings is 1. The topological polar surface area (TPSA) is 7.65 Å². The lowest BCUT2D eigenvalue weighted by Crippen LogP contribution is -2.10. The highest BCUT2D eigenvalue weighted by Crippen LogP contribution is 2.45. The van der Waals surface area contributed by atoms with Crippen LogP contribution in [0.3, 0.4) is 0 Å². The summed E-state index contributed by atoms with van der Waals surface area (Å²) in [5, 5.41) is 6.31. The quantitative estimate of drug-likeness (QED) is 0.148. The maximum Gasteiger partial charge on any atom is 0.0620 e. The van der Waals surface area contributed by atoms with E-state index < -0.39 is 0 Å². The molecule has 0 N–H and O–H groups in total. The normalized spacial score (nSPS) is 11.4. The zero-order valence-electron chi connectivity index (χ0n) is 31.8. The molecule has 0 aliphatic rings. The lowest BCUT2D eigenvalue weighted by Gasteiger charge is -2.26. The fourth-order valence-electron chi connectivity index (χ4n) is 8.86. The number of anilines is 3. The summed E-state index contributed by atoms with van der Waals surface area (Å²) in [5.74, 6) is 0. The molecule has 58 heavy (non-hydrogen) atoms. The Labute approximate surface area is 338 Å². The van der Waals surface area contributed by atoms with Crippen LogP contribution in [0.15, 0.2) is 231 Å². The molecule has 0 fully saturated rings. The van der Waals surface area contributed by atoms with Crippen LogP contribution in [-0.2, 0) is 0 Å². The van der Waals surface area contributed by atoms with E-state index in [-0.39, 0.29) is 0 Å². The molecule has 0 saturated carbocycles. The minimum Gasteiger partial charge on any atom is -0.315 e. The largest absolute Gasteiger partial charge is 0.315 e. The molecule has 11 rings (SSSR count). The summed E-state index contributed by atoms with van der Waals surface area (Å²) in [4.78, 5) is 2.37. The van der Waals surface area contributed by atoms with Crippen LogP contribution < -0.4 is 4.90 Å². The minimum absolute atomic E-state index is 1.10. The number of rotatable bonds is 7. The zero-order chi connectivity index (χ0) is 38.4. The van der Waals surface area contributed by atoms with E-state index in [1.54, 1.807) is 0 Å². The first-order valence-electron chi connectivity index (χ1n) is 19.9. The first kappa shape index (κ1) is 33.6. The van der Waals surface area contributed by atoms with Crippen LogP contribution in [0.25, 0.3) is 82.5 Å². The van der Waals surface area contributed by atoms with Gasteiger partial charge < -0.3 is 9.30 Å². The van der Waals surface area contributed by atoms with Crippen molar-refractivity contribution in [2.75, 3.05) is 4.90 Å². The van der Waals surface area contributed by atoms with Crippen molar-refractivity contribution in [2.45, 2.75) is 0 Å².